The van der Waals surface area contributed by atoms with Crippen LogP contribution in [0.1, 0.15) is 17.7 Å². The van der Waals surface area contributed by atoms with Gasteiger partial charge in [-0.3, -0.25) is 4.90 Å². The maximum absolute atomic E-state index is 9.75. The van der Waals surface area contributed by atoms with E-state index in [4.69, 9.17) is 0 Å². The van der Waals surface area contributed by atoms with E-state index < -0.39 is 0 Å². The van der Waals surface area contributed by atoms with Crippen LogP contribution in [0.25, 0.3) is 0 Å². The molecular weight excluding hydrogens is 290 g/mol. The molecule has 0 aliphatic carbocycles. The Morgan fingerprint density at radius 3 is 2.83 bits per heavy atom. The molecule has 2 aromatic rings. The molecule has 0 bridgehead atoms. The molecule has 2 unspecified atom stereocenters. The van der Waals surface area contributed by atoms with Gasteiger partial charge in [0.25, 0.3) is 0 Å². The minimum absolute atomic E-state index is 0.212. The molecule has 0 radical (unpaired) electrons. The molecule has 1 saturated heterocycles. The van der Waals surface area contributed by atoms with E-state index in [2.05, 4.69) is 44.7 Å². The summed E-state index contributed by atoms with van der Waals surface area (Å²) in [6, 6.07) is 10.8. The van der Waals surface area contributed by atoms with Crippen LogP contribution in [-0.4, -0.2) is 50.7 Å². The molecule has 23 heavy (non-hydrogen) atoms. The zero-order chi connectivity index (χ0) is 16.1. The normalized spacial score (nSPS) is 22.3. The SMILES string of the molecule is Cn1ncc(CNC2CCN(Cc3ccccc3)CC2CO)n1. The predicted molar refractivity (Wildman–Crippen MR) is 88.5 cm³/mol. The van der Waals surface area contributed by atoms with E-state index in [1.807, 2.05) is 13.1 Å². The van der Waals surface area contributed by atoms with E-state index >= 15 is 0 Å². The van der Waals surface area contributed by atoms with E-state index in [0.29, 0.717) is 12.6 Å². The summed E-state index contributed by atoms with van der Waals surface area (Å²) in [5.74, 6) is 0.254. The number of aryl methyl sites for hydroxylation is 1. The Morgan fingerprint density at radius 1 is 1.30 bits per heavy atom. The molecule has 1 aromatic carbocycles. The number of piperidine rings is 1. The van der Waals surface area contributed by atoms with Crippen molar-refractivity contribution in [3.8, 4) is 0 Å². The minimum Gasteiger partial charge on any atom is -0.396 e. The lowest BCUT2D eigenvalue weighted by Gasteiger charge is -2.38. The third-order valence-electron chi connectivity index (χ3n) is 4.49. The average Bonchev–Trinajstić information content (AvgIpc) is 3.00. The minimum atomic E-state index is 0.212. The summed E-state index contributed by atoms with van der Waals surface area (Å²) in [6.07, 6.45) is 2.82. The Hall–Kier alpha value is -1.76. The Bertz CT molecular complexity index is 600. The number of aliphatic hydroxyl groups excluding tert-OH is 1. The number of hydrogen-bond donors (Lipinski definition) is 2. The molecule has 124 valence electrons. The summed E-state index contributed by atoms with van der Waals surface area (Å²) >= 11 is 0. The first-order valence-electron chi connectivity index (χ1n) is 8.20. The molecule has 0 spiro atoms. The van der Waals surface area contributed by atoms with Gasteiger partial charge < -0.3 is 10.4 Å². The van der Waals surface area contributed by atoms with Crippen molar-refractivity contribution >= 4 is 0 Å². The van der Waals surface area contributed by atoms with Crippen LogP contribution in [0.3, 0.4) is 0 Å². The molecule has 2 heterocycles. The zero-order valence-corrected chi connectivity index (χ0v) is 13.6. The fourth-order valence-corrected chi connectivity index (χ4v) is 3.25. The summed E-state index contributed by atoms with van der Waals surface area (Å²) in [4.78, 5) is 4.00. The zero-order valence-electron chi connectivity index (χ0n) is 13.6. The van der Waals surface area contributed by atoms with Gasteiger partial charge in [0.15, 0.2) is 0 Å². The standard InChI is InChI=1S/C17H25N5O/c1-21-19-10-16(20-21)9-18-17-7-8-22(12-15(17)13-23)11-14-5-3-2-4-6-14/h2-6,10,15,17-18,23H,7-9,11-13H2,1H3. The fourth-order valence-electron chi connectivity index (χ4n) is 3.25. The van der Waals surface area contributed by atoms with Gasteiger partial charge in [-0.2, -0.15) is 15.0 Å². The van der Waals surface area contributed by atoms with Crippen molar-refractivity contribution in [3.05, 3.63) is 47.8 Å². The first-order valence-corrected chi connectivity index (χ1v) is 8.20. The second kappa shape index (κ2) is 7.68. The molecule has 1 aliphatic rings. The first kappa shape index (κ1) is 16.1. The van der Waals surface area contributed by atoms with Crippen LogP contribution >= 0.6 is 0 Å². The van der Waals surface area contributed by atoms with E-state index in [1.54, 1.807) is 11.0 Å². The second-order valence-corrected chi connectivity index (χ2v) is 6.26. The highest BCUT2D eigenvalue weighted by Crippen LogP contribution is 2.19. The molecule has 1 aliphatic heterocycles. The van der Waals surface area contributed by atoms with Crippen molar-refractivity contribution in [2.24, 2.45) is 13.0 Å². The summed E-state index contributed by atoms with van der Waals surface area (Å²) < 4.78 is 0. The fraction of sp³-hybridized carbons (Fsp3) is 0.529. The molecular formula is C17H25N5O. The van der Waals surface area contributed by atoms with Crippen LogP contribution < -0.4 is 5.32 Å². The maximum Gasteiger partial charge on any atom is 0.0964 e. The highest BCUT2D eigenvalue weighted by molar-refractivity contribution is 5.14. The summed E-state index contributed by atoms with van der Waals surface area (Å²) in [6.45, 7) is 3.83. The monoisotopic (exact) mass is 315 g/mol. The van der Waals surface area contributed by atoms with Gasteiger partial charge in [0, 0.05) is 45.2 Å². The molecule has 1 aromatic heterocycles. The molecule has 6 nitrogen and oxygen atoms in total. The molecule has 2 atom stereocenters. The Labute approximate surface area is 137 Å². The van der Waals surface area contributed by atoms with E-state index in [1.165, 1.54) is 5.56 Å². The molecule has 3 rings (SSSR count). The molecule has 0 amide bonds. The summed E-state index contributed by atoms with van der Waals surface area (Å²) in [5.41, 5.74) is 2.27. The molecule has 0 saturated carbocycles. The Kier molecular flexibility index (Phi) is 5.38. The number of hydrogen-bond acceptors (Lipinski definition) is 5. The van der Waals surface area contributed by atoms with Crippen LogP contribution in [0.5, 0.6) is 0 Å². The van der Waals surface area contributed by atoms with E-state index in [-0.39, 0.29) is 12.5 Å². The smallest absolute Gasteiger partial charge is 0.0964 e. The largest absolute Gasteiger partial charge is 0.396 e. The Balaban J connectivity index is 1.52. The van der Waals surface area contributed by atoms with Crippen LogP contribution in [0, 0.1) is 5.92 Å². The lowest BCUT2D eigenvalue weighted by molar-refractivity contribution is 0.0848. The number of rotatable bonds is 6. The molecule has 6 heteroatoms. The van der Waals surface area contributed by atoms with Gasteiger partial charge in [-0.25, -0.2) is 0 Å². The highest BCUT2D eigenvalue weighted by atomic mass is 16.3. The van der Waals surface area contributed by atoms with Crippen LogP contribution in [0.4, 0.5) is 0 Å². The third-order valence-corrected chi connectivity index (χ3v) is 4.49. The van der Waals surface area contributed by atoms with E-state index in [0.717, 1.165) is 31.7 Å². The predicted octanol–water partition coefficient (Wildman–Crippen LogP) is 0.788. The number of nitrogens with zero attached hydrogens (tertiary/aromatic N) is 4. The van der Waals surface area contributed by atoms with Crippen molar-refractivity contribution in [2.45, 2.75) is 25.6 Å². The number of aromatic nitrogens is 3. The summed E-state index contributed by atoms with van der Waals surface area (Å²) in [5, 5.41) is 21.7. The van der Waals surface area contributed by atoms with Crippen molar-refractivity contribution < 1.29 is 5.11 Å². The second-order valence-electron chi connectivity index (χ2n) is 6.26. The lowest BCUT2D eigenvalue weighted by atomic mass is 9.92. The van der Waals surface area contributed by atoms with Gasteiger partial charge in [0.1, 0.15) is 0 Å². The van der Waals surface area contributed by atoms with Crippen LogP contribution in [-0.2, 0) is 20.1 Å². The number of benzene rings is 1. The average molecular weight is 315 g/mol. The van der Waals surface area contributed by atoms with Crippen LogP contribution in [0.2, 0.25) is 0 Å². The Morgan fingerprint density at radius 2 is 2.13 bits per heavy atom. The van der Waals surface area contributed by atoms with Crippen molar-refractivity contribution in [3.63, 3.8) is 0 Å². The van der Waals surface area contributed by atoms with Gasteiger partial charge in [0.2, 0.25) is 0 Å². The van der Waals surface area contributed by atoms with E-state index in [9.17, 15) is 5.11 Å². The van der Waals surface area contributed by atoms with Crippen molar-refractivity contribution in [1.82, 2.24) is 25.2 Å². The van der Waals surface area contributed by atoms with Gasteiger partial charge in [0.05, 0.1) is 11.9 Å². The van der Waals surface area contributed by atoms with Crippen molar-refractivity contribution in [2.75, 3.05) is 19.7 Å². The quantitative estimate of drug-likeness (QED) is 0.825. The highest BCUT2D eigenvalue weighted by Gasteiger charge is 2.28. The lowest BCUT2D eigenvalue weighted by Crippen LogP contribution is -2.50. The summed E-state index contributed by atoms with van der Waals surface area (Å²) in [7, 11) is 1.82. The topological polar surface area (TPSA) is 66.2 Å². The van der Waals surface area contributed by atoms with Gasteiger partial charge in [-0.1, -0.05) is 30.3 Å². The van der Waals surface area contributed by atoms with Crippen molar-refractivity contribution in [1.29, 1.82) is 0 Å². The third kappa shape index (κ3) is 4.37. The number of aliphatic hydroxyl groups is 1. The molecule has 1 fully saturated rings. The van der Waals surface area contributed by atoms with Gasteiger partial charge >= 0.3 is 0 Å². The van der Waals surface area contributed by atoms with Gasteiger partial charge in [-0.15, -0.1) is 0 Å². The van der Waals surface area contributed by atoms with Crippen LogP contribution in [0.15, 0.2) is 36.5 Å². The number of nitrogens with one attached hydrogen (secondary N) is 1. The number of likely N-dealkylation sites (tertiary alicyclic amines) is 1. The van der Waals surface area contributed by atoms with Gasteiger partial charge in [-0.05, 0) is 18.5 Å². The molecule has 2 N–H and O–H groups in total. The first-order chi connectivity index (χ1) is 11.2. The maximum atomic E-state index is 9.75.